The first kappa shape index (κ1) is 17.8. The van der Waals surface area contributed by atoms with Gasteiger partial charge < -0.3 is 10.1 Å². The first-order valence-corrected chi connectivity index (χ1v) is 8.07. The minimum absolute atomic E-state index is 0.121. The molecule has 1 N–H and O–H groups in total. The summed E-state index contributed by atoms with van der Waals surface area (Å²) in [5.74, 6) is 0.891. The maximum Gasteiger partial charge on any atom is 0.126 e. The van der Waals surface area contributed by atoms with Gasteiger partial charge in [-0.2, -0.15) is 0 Å². The van der Waals surface area contributed by atoms with Crippen LogP contribution in [0.25, 0.3) is 6.08 Å². The van der Waals surface area contributed by atoms with E-state index in [4.69, 9.17) is 4.74 Å². The Bertz CT molecular complexity index is 455. The van der Waals surface area contributed by atoms with Crippen molar-refractivity contribution in [3.63, 3.8) is 0 Å². The summed E-state index contributed by atoms with van der Waals surface area (Å²) in [7, 11) is 1.71. The molecule has 0 saturated carbocycles. The van der Waals surface area contributed by atoms with E-state index in [1.165, 1.54) is 24.8 Å². The molecule has 0 aliphatic carbocycles. The van der Waals surface area contributed by atoms with Crippen LogP contribution in [0.3, 0.4) is 0 Å². The van der Waals surface area contributed by atoms with E-state index in [-0.39, 0.29) is 5.41 Å². The van der Waals surface area contributed by atoms with Crippen molar-refractivity contribution in [1.82, 2.24) is 5.32 Å². The van der Waals surface area contributed by atoms with Gasteiger partial charge in [0.05, 0.1) is 7.11 Å². The second-order valence-electron chi connectivity index (χ2n) is 5.96. The molecule has 1 rings (SSSR count). The van der Waals surface area contributed by atoms with Gasteiger partial charge in [-0.25, -0.2) is 0 Å². The zero-order valence-electron chi connectivity index (χ0n) is 14.3. The third-order valence-corrected chi connectivity index (χ3v) is 4.62. The lowest BCUT2D eigenvalue weighted by molar-refractivity contribution is 0.309. The predicted octanol–water partition coefficient (Wildman–Crippen LogP) is 4.78. The van der Waals surface area contributed by atoms with Crippen LogP contribution in [0.4, 0.5) is 0 Å². The molecule has 2 nitrogen and oxygen atoms in total. The Hall–Kier alpha value is -1.28. The van der Waals surface area contributed by atoms with Crippen LogP contribution >= 0.6 is 0 Å². The van der Waals surface area contributed by atoms with Crippen molar-refractivity contribution in [3.05, 3.63) is 35.9 Å². The molecule has 0 amide bonds. The zero-order chi connectivity index (χ0) is 15.9. The number of likely N-dealkylation sites (N-methyl/N-ethyl adjacent to an activating group) is 1. The molecule has 0 bridgehead atoms. The van der Waals surface area contributed by atoms with Crippen LogP contribution in [0.5, 0.6) is 5.75 Å². The molecule has 0 heterocycles. The van der Waals surface area contributed by atoms with Gasteiger partial charge in [0.2, 0.25) is 0 Å². The lowest BCUT2D eigenvalue weighted by atomic mass is 9.72. The molecule has 0 spiro atoms. The van der Waals surface area contributed by atoms with Crippen molar-refractivity contribution in [1.29, 1.82) is 0 Å². The fourth-order valence-electron chi connectivity index (χ4n) is 2.94. The summed E-state index contributed by atoms with van der Waals surface area (Å²) in [6.07, 6.45) is 5.52. The van der Waals surface area contributed by atoms with Crippen molar-refractivity contribution in [3.8, 4) is 5.75 Å². The molecule has 21 heavy (non-hydrogen) atoms. The van der Waals surface area contributed by atoms with E-state index >= 15 is 0 Å². The molecule has 0 aliphatic rings. The smallest absolute Gasteiger partial charge is 0.126 e. The van der Waals surface area contributed by atoms with Crippen molar-refractivity contribution in [2.24, 2.45) is 0 Å². The second kappa shape index (κ2) is 8.23. The van der Waals surface area contributed by atoms with E-state index in [2.05, 4.69) is 57.8 Å². The molecule has 2 unspecified atom stereocenters. The van der Waals surface area contributed by atoms with Crippen molar-refractivity contribution in [2.45, 2.75) is 58.4 Å². The Morgan fingerprint density at radius 3 is 2.62 bits per heavy atom. The van der Waals surface area contributed by atoms with Gasteiger partial charge in [-0.05, 0) is 37.6 Å². The first-order valence-electron chi connectivity index (χ1n) is 8.07. The average molecular weight is 289 g/mol. The standard InChI is InChI=1S/C19H31NO/c1-7-10-13-19(5,15(4)20-9-3)17-11-12-18(21-6)16(8-2)14-17/h8,11-12,14-15,20H,2,7,9-10,13H2,1,3-6H3. The average Bonchev–Trinajstić information content (AvgIpc) is 2.51. The van der Waals surface area contributed by atoms with E-state index < -0.39 is 0 Å². The lowest BCUT2D eigenvalue weighted by Crippen LogP contribution is -2.44. The van der Waals surface area contributed by atoms with Crippen molar-refractivity contribution in [2.75, 3.05) is 13.7 Å². The van der Waals surface area contributed by atoms with Crippen LogP contribution < -0.4 is 10.1 Å². The predicted molar refractivity (Wildman–Crippen MR) is 93.1 cm³/mol. The maximum atomic E-state index is 5.41. The fraction of sp³-hybridized carbons (Fsp3) is 0.579. The van der Waals surface area contributed by atoms with Crippen molar-refractivity contribution >= 4 is 6.08 Å². The zero-order valence-corrected chi connectivity index (χ0v) is 14.3. The molecule has 0 radical (unpaired) electrons. The highest BCUT2D eigenvalue weighted by Crippen LogP contribution is 2.36. The highest BCUT2D eigenvalue weighted by Gasteiger charge is 2.32. The summed E-state index contributed by atoms with van der Waals surface area (Å²) in [5.41, 5.74) is 2.55. The van der Waals surface area contributed by atoms with E-state index in [9.17, 15) is 0 Å². The highest BCUT2D eigenvalue weighted by atomic mass is 16.5. The van der Waals surface area contributed by atoms with Gasteiger partial charge in [0.1, 0.15) is 5.75 Å². The van der Waals surface area contributed by atoms with Crippen LogP contribution in [0, 0.1) is 0 Å². The van der Waals surface area contributed by atoms with Gasteiger partial charge in [0, 0.05) is 17.0 Å². The molecule has 0 aliphatic heterocycles. The van der Waals surface area contributed by atoms with Gasteiger partial charge in [0.15, 0.2) is 0 Å². The Morgan fingerprint density at radius 1 is 1.38 bits per heavy atom. The first-order chi connectivity index (χ1) is 10.0. The van der Waals surface area contributed by atoms with Crippen LogP contribution in [-0.2, 0) is 5.41 Å². The maximum absolute atomic E-state index is 5.41. The number of ether oxygens (including phenoxy) is 1. The third kappa shape index (κ3) is 4.10. The summed E-state index contributed by atoms with van der Waals surface area (Å²) in [6, 6.07) is 6.93. The van der Waals surface area contributed by atoms with Gasteiger partial charge in [-0.1, -0.05) is 52.3 Å². The number of unbranched alkanes of at least 4 members (excludes halogenated alkanes) is 1. The molecule has 2 heteroatoms. The molecule has 0 fully saturated rings. The van der Waals surface area contributed by atoms with Gasteiger partial charge >= 0.3 is 0 Å². The molecule has 118 valence electrons. The normalized spacial score (nSPS) is 15.3. The van der Waals surface area contributed by atoms with Crippen LogP contribution in [0.15, 0.2) is 24.8 Å². The summed E-state index contributed by atoms with van der Waals surface area (Å²) >= 11 is 0. The highest BCUT2D eigenvalue weighted by molar-refractivity contribution is 5.57. The van der Waals surface area contributed by atoms with Gasteiger partial charge in [0.25, 0.3) is 0 Å². The SMILES string of the molecule is C=Cc1cc(C(C)(CCCC)C(C)NCC)ccc1OC. The van der Waals surface area contributed by atoms with Crippen molar-refractivity contribution < 1.29 is 4.74 Å². The summed E-state index contributed by atoms with van der Waals surface area (Å²) in [4.78, 5) is 0. The second-order valence-corrected chi connectivity index (χ2v) is 5.96. The topological polar surface area (TPSA) is 21.3 Å². The number of hydrogen-bond donors (Lipinski definition) is 1. The minimum Gasteiger partial charge on any atom is -0.496 e. The number of methoxy groups -OCH3 is 1. The molecule has 0 aromatic heterocycles. The summed E-state index contributed by atoms with van der Waals surface area (Å²) in [6.45, 7) is 14.0. The van der Waals surface area contributed by atoms with E-state index in [1.807, 2.05) is 6.08 Å². The van der Waals surface area contributed by atoms with E-state index in [0.29, 0.717) is 6.04 Å². The minimum atomic E-state index is 0.121. The Morgan fingerprint density at radius 2 is 2.10 bits per heavy atom. The fourth-order valence-corrected chi connectivity index (χ4v) is 2.94. The summed E-state index contributed by atoms with van der Waals surface area (Å²) in [5, 5.41) is 3.60. The van der Waals surface area contributed by atoms with Crippen LogP contribution in [0.1, 0.15) is 58.1 Å². The third-order valence-electron chi connectivity index (χ3n) is 4.62. The monoisotopic (exact) mass is 289 g/mol. The van der Waals surface area contributed by atoms with E-state index in [0.717, 1.165) is 17.9 Å². The van der Waals surface area contributed by atoms with Crippen LogP contribution in [0.2, 0.25) is 0 Å². The van der Waals surface area contributed by atoms with Crippen LogP contribution in [-0.4, -0.2) is 19.7 Å². The molecular formula is C19H31NO. The van der Waals surface area contributed by atoms with E-state index in [1.54, 1.807) is 7.11 Å². The Labute approximate surface area is 130 Å². The van der Waals surface area contributed by atoms with Gasteiger partial charge in [-0.15, -0.1) is 0 Å². The summed E-state index contributed by atoms with van der Waals surface area (Å²) < 4.78 is 5.41. The molecule has 0 saturated heterocycles. The number of hydrogen-bond acceptors (Lipinski definition) is 2. The quantitative estimate of drug-likeness (QED) is 0.706. The Balaban J connectivity index is 3.21. The number of nitrogens with one attached hydrogen (secondary N) is 1. The lowest BCUT2D eigenvalue weighted by Gasteiger charge is -2.37. The molecule has 1 aromatic rings. The largest absolute Gasteiger partial charge is 0.496 e. The van der Waals surface area contributed by atoms with Gasteiger partial charge in [-0.3, -0.25) is 0 Å². The molecule has 2 atom stereocenters. The number of rotatable bonds is 9. The molecular weight excluding hydrogens is 258 g/mol. The number of benzene rings is 1. The Kier molecular flexibility index (Phi) is 6.97. The molecule has 1 aromatic carbocycles.